The number of nitrogens with one attached hydrogen (secondary N) is 3. The predicted molar refractivity (Wildman–Crippen MR) is 122 cm³/mol. The average molecular weight is 391 g/mol. The summed E-state index contributed by atoms with van der Waals surface area (Å²) >= 11 is 0. The summed E-state index contributed by atoms with van der Waals surface area (Å²) in [6.45, 7) is 0.770. The molecule has 0 aliphatic rings. The summed E-state index contributed by atoms with van der Waals surface area (Å²) in [7, 11) is 3.75. The Morgan fingerprint density at radius 2 is 1.48 bits per heavy atom. The van der Waals surface area contributed by atoms with Crippen LogP contribution in [0.2, 0.25) is 0 Å². The van der Waals surface area contributed by atoms with Crippen LogP contribution in [-0.4, -0.2) is 30.6 Å². The predicted octanol–water partition coefficient (Wildman–Crippen LogP) is 3.49. The Morgan fingerprint density at radius 3 is 2.07 bits per heavy atom. The van der Waals surface area contributed by atoms with Gasteiger partial charge in [0.05, 0.1) is 5.69 Å². The lowest BCUT2D eigenvalue weighted by Gasteiger charge is -2.07. The third-order valence-corrected chi connectivity index (χ3v) is 3.80. The largest absolute Gasteiger partial charge is 0.356 e. The number of terminal acetylenes is 1. The normalized spacial score (nSPS) is 9.38. The Morgan fingerprint density at radius 1 is 0.931 bits per heavy atom. The van der Waals surface area contributed by atoms with Crippen molar-refractivity contribution in [3.05, 3.63) is 93.9 Å². The molecule has 0 aliphatic carbocycles. The highest BCUT2D eigenvalue weighted by Gasteiger charge is 2.02. The van der Waals surface area contributed by atoms with Crippen LogP contribution < -0.4 is 16.2 Å². The van der Waals surface area contributed by atoms with E-state index < -0.39 is 0 Å². The molecule has 3 rings (SSSR count). The van der Waals surface area contributed by atoms with Gasteiger partial charge in [0.2, 0.25) is 5.95 Å². The number of nitrogens with zero attached hydrogens (tertiary/aromatic N) is 1. The second-order valence-electron chi connectivity index (χ2n) is 6.26. The highest BCUT2D eigenvalue weighted by Crippen LogP contribution is 2.07. The van der Waals surface area contributed by atoms with Gasteiger partial charge in [0.25, 0.3) is 5.56 Å². The molecule has 0 fully saturated rings. The highest BCUT2D eigenvalue weighted by atomic mass is 16.1. The Balaban J connectivity index is 0.000000771. The second kappa shape index (κ2) is 14.7. The number of rotatable bonds is 7. The molecular weight excluding hydrogens is 360 g/mol. The third-order valence-electron chi connectivity index (χ3n) is 3.80. The molecule has 0 saturated heterocycles. The van der Waals surface area contributed by atoms with E-state index in [-0.39, 0.29) is 5.56 Å². The fourth-order valence-electron chi connectivity index (χ4n) is 2.63. The molecular formula is C24H30N4O. The number of aryl methyl sites for hydroxylation is 1. The number of anilines is 1. The van der Waals surface area contributed by atoms with Crippen LogP contribution in [0.1, 0.15) is 23.2 Å². The zero-order chi connectivity index (χ0) is 21.3. The molecule has 5 heteroatoms. The van der Waals surface area contributed by atoms with E-state index in [4.69, 9.17) is 0 Å². The minimum Gasteiger partial charge on any atom is -0.356 e. The van der Waals surface area contributed by atoms with Gasteiger partial charge in [0.15, 0.2) is 0 Å². The molecule has 152 valence electrons. The number of benzene rings is 2. The third kappa shape index (κ3) is 9.94. The molecule has 0 unspecified atom stereocenters. The topological polar surface area (TPSA) is 69.8 Å². The van der Waals surface area contributed by atoms with E-state index in [1.165, 1.54) is 5.56 Å². The van der Waals surface area contributed by atoms with Gasteiger partial charge in [-0.2, -0.15) is 0 Å². The van der Waals surface area contributed by atoms with Gasteiger partial charge in [-0.15, -0.1) is 12.8 Å². The van der Waals surface area contributed by atoms with Gasteiger partial charge in [-0.3, -0.25) is 9.78 Å². The van der Waals surface area contributed by atoms with Gasteiger partial charge in [0, 0.05) is 19.0 Å². The maximum Gasteiger partial charge on any atom is 0.252 e. The molecule has 1 aromatic heterocycles. The zero-order valence-electron chi connectivity index (χ0n) is 17.2. The van der Waals surface area contributed by atoms with Crippen LogP contribution >= 0.6 is 0 Å². The van der Waals surface area contributed by atoms with Gasteiger partial charge in [-0.05, 0) is 38.1 Å². The Kier molecular flexibility index (Phi) is 12.0. The number of hydrogen-bond acceptors (Lipinski definition) is 4. The van der Waals surface area contributed by atoms with E-state index in [1.54, 1.807) is 6.07 Å². The molecule has 29 heavy (non-hydrogen) atoms. The highest BCUT2D eigenvalue weighted by molar-refractivity contribution is 5.28. The van der Waals surface area contributed by atoms with Gasteiger partial charge < -0.3 is 10.6 Å². The Hall–Kier alpha value is -3.36. The maximum absolute atomic E-state index is 11.8. The second-order valence-corrected chi connectivity index (χ2v) is 6.26. The monoisotopic (exact) mass is 390 g/mol. The fourth-order valence-corrected chi connectivity index (χ4v) is 2.63. The van der Waals surface area contributed by atoms with Crippen molar-refractivity contribution < 1.29 is 0 Å². The summed E-state index contributed by atoms with van der Waals surface area (Å²) in [6, 6.07) is 22.0. The molecule has 3 aromatic rings. The minimum atomic E-state index is -0.124. The van der Waals surface area contributed by atoms with Crippen LogP contribution in [0.25, 0.3) is 0 Å². The van der Waals surface area contributed by atoms with Crippen molar-refractivity contribution in [2.75, 3.05) is 26.0 Å². The molecule has 5 nitrogen and oxygen atoms in total. The van der Waals surface area contributed by atoms with Gasteiger partial charge >= 0.3 is 0 Å². The summed E-state index contributed by atoms with van der Waals surface area (Å²) < 4.78 is 0. The Bertz CT molecular complexity index is 873. The van der Waals surface area contributed by atoms with Crippen LogP contribution in [0, 0.1) is 12.8 Å². The number of aromatic nitrogens is 2. The lowest BCUT2D eigenvalue weighted by molar-refractivity contribution is 0.847. The molecule has 1 heterocycles. The summed E-state index contributed by atoms with van der Waals surface area (Å²) in [5.74, 6) is 0.543. The summed E-state index contributed by atoms with van der Waals surface area (Å²) in [4.78, 5) is 19.1. The van der Waals surface area contributed by atoms with Crippen molar-refractivity contribution in [3.8, 4) is 12.8 Å². The van der Waals surface area contributed by atoms with Crippen molar-refractivity contribution in [2.45, 2.75) is 19.3 Å². The SMILES string of the molecule is C#C.CNC.O=c1cc(Cc2ccccc2)nc(NCCCc2ccccc2)[nH]1. The van der Waals surface area contributed by atoms with E-state index in [2.05, 4.69) is 57.7 Å². The van der Waals surface area contributed by atoms with Gasteiger partial charge in [-0.1, -0.05) is 60.7 Å². The van der Waals surface area contributed by atoms with Crippen molar-refractivity contribution >= 4 is 5.95 Å². The van der Waals surface area contributed by atoms with E-state index in [9.17, 15) is 4.79 Å². The molecule has 0 saturated carbocycles. The number of hydrogen-bond donors (Lipinski definition) is 3. The first-order valence-electron chi connectivity index (χ1n) is 9.55. The lowest BCUT2D eigenvalue weighted by atomic mass is 10.1. The first-order chi connectivity index (χ1) is 14.2. The van der Waals surface area contributed by atoms with E-state index in [1.807, 2.05) is 50.5 Å². The summed E-state index contributed by atoms with van der Waals surface area (Å²) in [5, 5.41) is 5.97. The first-order valence-corrected chi connectivity index (χ1v) is 9.55. The molecule has 0 aliphatic heterocycles. The molecule has 2 aromatic carbocycles. The first kappa shape index (κ1) is 23.7. The molecule has 0 atom stereocenters. The maximum atomic E-state index is 11.8. The van der Waals surface area contributed by atoms with Crippen LogP contribution in [-0.2, 0) is 12.8 Å². The quantitative estimate of drug-likeness (QED) is 0.427. The lowest BCUT2D eigenvalue weighted by Crippen LogP contribution is -2.15. The fraction of sp³-hybridized carbons (Fsp3) is 0.250. The molecule has 0 spiro atoms. The summed E-state index contributed by atoms with van der Waals surface area (Å²) in [6.07, 6.45) is 10.6. The average Bonchev–Trinajstić information content (AvgIpc) is 2.74. The van der Waals surface area contributed by atoms with E-state index >= 15 is 0 Å². The zero-order valence-corrected chi connectivity index (χ0v) is 17.2. The van der Waals surface area contributed by atoms with Crippen LogP contribution in [0.4, 0.5) is 5.95 Å². The number of H-pyrrole nitrogens is 1. The van der Waals surface area contributed by atoms with E-state index in [0.29, 0.717) is 12.4 Å². The van der Waals surface area contributed by atoms with Crippen LogP contribution in [0.5, 0.6) is 0 Å². The molecule has 0 radical (unpaired) electrons. The molecule has 0 bridgehead atoms. The van der Waals surface area contributed by atoms with Crippen LogP contribution in [0.3, 0.4) is 0 Å². The van der Waals surface area contributed by atoms with E-state index in [0.717, 1.165) is 30.6 Å². The standard InChI is InChI=1S/C20H21N3O.C2H7N.C2H2/c24-19-15-18(14-17-10-5-2-6-11-17)22-20(23-19)21-13-7-12-16-8-3-1-4-9-16;1-3-2;1-2/h1-6,8-11,15H,7,12-14H2,(H2,21,22,23,24);3H,1-2H3;1-2H. The molecule has 0 amide bonds. The molecule has 3 N–H and O–H groups in total. The van der Waals surface area contributed by atoms with Gasteiger partial charge in [0.1, 0.15) is 0 Å². The van der Waals surface area contributed by atoms with Crippen molar-refractivity contribution in [1.82, 2.24) is 15.3 Å². The van der Waals surface area contributed by atoms with Crippen molar-refractivity contribution in [1.29, 1.82) is 0 Å². The Labute approximate surface area is 173 Å². The summed E-state index contributed by atoms with van der Waals surface area (Å²) in [5.41, 5.74) is 3.11. The van der Waals surface area contributed by atoms with Crippen LogP contribution in [0.15, 0.2) is 71.5 Å². The van der Waals surface area contributed by atoms with Gasteiger partial charge in [-0.25, -0.2) is 4.98 Å². The minimum absolute atomic E-state index is 0.124. The number of aromatic amines is 1. The smallest absolute Gasteiger partial charge is 0.252 e. The van der Waals surface area contributed by atoms with Crippen molar-refractivity contribution in [2.24, 2.45) is 0 Å². The van der Waals surface area contributed by atoms with Crippen molar-refractivity contribution in [3.63, 3.8) is 0 Å².